The second-order valence-corrected chi connectivity index (χ2v) is 5.54. The van der Waals surface area contributed by atoms with Crippen molar-refractivity contribution in [2.24, 2.45) is 0 Å². The Hall–Kier alpha value is -2.46. The van der Waals surface area contributed by atoms with Crippen molar-refractivity contribution >= 4 is 10.9 Å². The lowest BCUT2D eigenvalue weighted by atomic mass is 9.89. The van der Waals surface area contributed by atoms with Crippen LogP contribution in [0.1, 0.15) is 23.7 Å². The largest absolute Gasteiger partial charge is 0.497 e. The van der Waals surface area contributed by atoms with E-state index in [1.807, 2.05) is 49.4 Å². The van der Waals surface area contributed by atoms with Crippen LogP contribution in [0.25, 0.3) is 10.9 Å². The molecule has 0 radical (unpaired) electrons. The average Bonchev–Trinajstić information content (AvgIpc) is 2.54. The van der Waals surface area contributed by atoms with Crippen LogP contribution >= 0.6 is 0 Å². The number of benzene rings is 2. The van der Waals surface area contributed by atoms with Gasteiger partial charge < -0.3 is 9.84 Å². The molecule has 0 saturated heterocycles. The smallest absolute Gasteiger partial charge is 0.129 e. The van der Waals surface area contributed by atoms with Crippen molar-refractivity contribution < 1.29 is 9.84 Å². The SMILES string of the molecule is COc1ccc(C(C)(O)c2ncnc3ccc(C)cc23)cc1. The number of nitrogens with zero attached hydrogens (tertiary/aromatic N) is 2. The van der Waals surface area contributed by atoms with Crippen LogP contribution in [0, 0.1) is 6.92 Å². The standard InChI is InChI=1S/C18H18N2O2/c1-12-4-9-16-15(10-12)17(20-11-19-16)18(2,21)13-5-7-14(22-3)8-6-13/h4-11,21H,1-3H3. The minimum absolute atomic E-state index is 0.603. The van der Waals surface area contributed by atoms with Crippen LogP contribution in [-0.4, -0.2) is 22.2 Å². The number of aromatic nitrogens is 2. The fraction of sp³-hybridized carbons (Fsp3) is 0.222. The van der Waals surface area contributed by atoms with Gasteiger partial charge in [0.15, 0.2) is 0 Å². The molecule has 1 N–H and O–H groups in total. The van der Waals surface area contributed by atoms with Gasteiger partial charge in [0.05, 0.1) is 18.3 Å². The maximum absolute atomic E-state index is 11.1. The van der Waals surface area contributed by atoms with Gasteiger partial charge in [0.2, 0.25) is 0 Å². The van der Waals surface area contributed by atoms with E-state index in [1.54, 1.807) is 14.0 Å². The van der Waals surface area contributed by atoms with E-state index >= 15 is 0 Å². The van der Waals surface area contributed by atoms with Crippen molar-refractivity contribution in [3.63, 3.8) is 0 Å². The maximum atomic E-state index is 11.1. The first-order valence-corrected chi connectivity index (χ1v) is 7.11. The molecule has 0 fully saturated rings. The number of rotatable bonds is 3. The summed E-state index contributed by atoms with van der Waals surface area (Å²) in [5.41, 5.74) is 2.08. The quantitative estimate of drug-likeness (QED) is 0.806. The highest BCUT2D eigenvalue weighted by molar-refractivity contribution is 5.82. The summed E-state index contributed by atoms with van der Waals surface area (Å²) in [7, 11) is 1.62. The molecule has 22 heavy (non-hydrogen) atoms. The zero-order valence-electron chi connectivity index (χ0n) is 12.9. The van der Waals surface area contributed by atoms with Gasteiger partial charge in [0.1, 0.15) is 17.7 Å². The van der Waals surface area contributed by atoms with Gasteiger partial charge in [-0.2, -0.15) is 0 Å². The molecule has 0 aliphatic heterocycles. The lowest BCUT2D eigenvalue weighted by Crippen LogP contribution is -2.24. The molecule has 3 rings (SSSR count). The van der Waals surface area contributed by atoms with Crippen molar-refractivity contribution in [2.45, 2.75) is 19.4 Å². The lowest BCUT2D eigenvalue weighted by Gasteiger charge is -2.24. The summed E-state index contributed by atoms with van der Waals surface area (Å²) in [5, 5.41) is 11.9. The first-order valence-electron chi connectivity index (χ1n) is 7.11. The molecule has 1 unspecified atom stereocenters. The second kappa shape index (κ2) is 5.39. The molecule has 4 heteroatoms. The van der Waals surface area contributed by atoms with Gasteiger partial charge in [-0.15, -0.1) is 0 Å². The van der Waals surface area contributed by atoms with E-state index in [0.29, 0.717) is 5.69 Å². The number of methoxy groups -OCH3 is 1. The summed E-state index contributed by atoms with van der Waals surface area (Å²) in [6, 6.07) is 13.3. The van der Waals surface area contributed by atoms with Gasteiger partial charge in [0.25, 0.3) is 0 Å². The Morgan fingerprint density at radius 1 is 1.05 bits per heavy atom. The van der Waals surface area contributed by atoms with Gasteiger partial charge in [-0.1, -0.05) is 23.8 Å². The van der Waals surface area contributed by atoms with E-state index in [1.165, 1.54) is 6.33 Å². The number of aliphatic hydroxyl groups is 1. The summed E-state index contributed by atoms with van der Waals surface area (Å²) in [5.74, 6) is 0.753. The van der Waals surface area contributed by atoms with Crippen molar-refractivity contribution in [3.8, 4) is 5.75 Å². The molecular weight excluding hydrogens is 276 g/mol. The minimum Gasteiger partial charge on any atom is -0.497 e. The summed E-state index contributed by atoms with van der Waals surface area (Å²) in [6.07, 6.45) is 1.49. The second-order valence-electron chi connectivity index (χ2n) is 5.54. The van der Waals surface area contributed by atoms with Crippen LogP contribution in [0.3, 0.4) is 0 Å². The Bertz CT molecular complexity index is 811. The van der Waals surface area contributed by atoms with Crippen LogP contribution in [0.2, 0.25) is 0 Å². The highest BCUT2D eigenvalue weighted by atomic mass is 16.5. The Labute approximate surface area is 129 Å². The molecule has 1 heterocycles. The number of hydrogen-bond donors (Lipinski definition) is 1. The lowest BCUT2D eigenvalue weighted by molar-refractivity contribution is 0.0990. The molecule has 0 bridgehead atoms. The van der Waals surface area contributed by atoms with E-state index in [9.17, 15) is 5.11 Å². The van der Waals surface area contributed by atoms with E-state index in [4.69, 9.17) is 4.74 Å². The summed E-state index contributed by atoms with van der Waals surface area (Å²) < 4.78 is 5.17. The summed E-state index contributed by atoms with van der Waals surface area (Å²) in [6.45, 7) is 3.76. The van der Waals surface area contributed by atoms with Crippen molar-refractivity contribution in [3.05, 3.63) is 65.6 Å². The summed E-state index contributed by atoms with van der Waals surface area (Å²) >= 11 is 0. The van der Waals surface area contributed by atoms with Crippen LogP contribution in [0.4, 0.5) is 0 Å². The monoisotopic (exact) mass is 294 g/mol. The van der Waals surface area contributed by atoms with Crippen molar-refractivity contribution in [1.82, 2.24) is 9.97 Å². The third kappa shape index (κ3) is 2.42. The molecule has 0 amide bonds. The number of ether oxygens (including phenoxy) is 1. The first kappa shape index (κ1) is 14.5. The molecular formula is C18H18N2O2. The number of fused-ring (bicyclic) bond motifs is 1. The third-order valence-corrected chi connectivity index (χ3v) is 3.90. The van der Waals surface area contributed by atoms with Gasteiger partial charge in [-0.3, -0.25) is 0 Å². The van der Waals surface area contributed by atoms with E-state index in [-0.39, 0.29) is 0 Å². The molecule has 0 saturated carbocycles. The Balaban J connectivity index is 2.17. The topological polar surface area (TPSA) is 55.2 Å². The zero-order chi connectivity index (χ0) is 15.7. The molecule has 4 nitrogen and oxygen atoms in total. The molecule has 0 aliphatic carbocycles. The molecule has 0 spiro atoms. The van der Waals surface area contributed by atoms with Crippen molar-refractivity contribution in [1.29, 1.82) is 0 Å². The highest BCUT2D eigenvalue weighted by Crippen LogP contribution is 2.33. The molecule has 0 aliphatic rings. The minimum atomic E-state index is -1.21. The van der Waals surface area contributed by atoms with Gasteiger partial charge >= 0.3 is 0 Å². The normalized spacial score (nSPS) is 13.8. The predicted molar refractivity (Wildman–Crippen MR) is 85.9 cm³/mol. The average molecular weight is 294 g/mol. The van der Waals surface area contributed by atoms with Crippen LogP contribution < -0.4 is 4.74 Å². The van der Waals surface area contributed by atoms with Crippen molar-refractivity contribution in [2.75, 3.05) is 7.11 Å². The fourth-order valence-corrected chi connectivity index (χ4v) is 2.61. The molecule has 112 valence electrons. The number of aryl methyl sites for hydroxylation is 1. The van der Waals surface area contributed by atoms with Crippen LogP contribution in [-0.2, 0) is 5.60 Å². The Morgan fingerprint density at radius 2 is 1.77 bits per heavy atom. The van der Waals surface area contributed by atoms with Crippen LogP contribution in [0.5, 0.6) is 5.75 Å². The van der Waals surface area contributed by atoms with E-state index < -0.39 is 5.60 Å². The number of hydrogen-bond acceptors (Lipinski definition) is 4. The predicted octanol–water partition coefficient (Wildman–Crippen LogP) is 3.20. The Morgan fingerprint density at radius 3 is 2.45 bits per heavy atom. The maximum Gasteiger partial charge on any atom is 0.129 e. The zero-order valence-corrected chi connectivity index (χ0v) is 12.9. The fourth-order valence-electron chi connectivity index (χ4n) is 2.61. The first-order chi connectivity index (χ1) is 10.5. The summed E-state index contributed by atoms with van der Waals surface area (Å²) in [4.78, 5) is 8.62. The van der Waals surface area contributed by atoms with Gasteiger partial charge in [-0.25, -0.2) is 9.97 Å². The molecule has 1 aromatic heterocycles. The molecule has 2 aromatic carbocycles. The van der Waals surface area contributed by atoms with Crippen LogP contribution in [0.15, 0.2) is 48.8 Å². The molecule has 3 aromatic rings. The third-order valence-electron chi connectivity index (χ3n) is 3.90. The Kier molecular flexibility index (Phi) is 3.54. The van der Waals surface area contributed by atoms with Gasteiger partial charge in [0, 0.05) is 5.39 Å². The molecule has 1 atom stereocenters. The van der Waals surface area contributed by atoms with E-state index in [0.717, 1.165) is 27.8 Å². The highest BCUT2D eigenvalue weighted by Gasteiger charge is 2.29. The van der Waals surface area contributed by atoms with E-state index in [2.05, 4.69) is 9.97 Å². The van der Waals surface area contributed by atoms with Gasteiger partial charge in [-0.05, 0) is 43.7 Å².